The van der Waals surface area contributed by atoms with E-state index < -0.39 is 30.4 Å². The second-order valence-electron chi connectivity index (χ2n) is 6.27. The number of esters is 1. The minimum atomic E-state index is -1.44. The number of nitrogens with one attached hydrogen (secondary N) is 1. The Kier molecular flexibility index (Phi) is 8.05. The van der Waals surface area contributed by atoms with Crippen LogP contribution in [0.4, 0.5) is 4.79 Å². The Morgan fingerprint density at radius 2 is 1.80 bits per heavy atom. The van der Waals surface area contributed by atoms with Gasteiger partial charge in [0.2, 0.25) is 0 Å². The van der Waals surface area contributed by atoms with Crippen molar-refractivity contribution in [1.82, 2.24) is 5.32 Å². The number of rotatable bonds is 7. The maximum atomic E-state index is 11.9. The fraction of sp³-hybridized carbons (Fsp3) is 0.471. The van der Waals surface area contributed by atoms with Crippen LogP contribution in [0.25, 0.3) is 0 Å². The van der Waals surface area contributed by atoms with E-state index in [2.05, 4.69) is 21.2 Å². The molecule has 2 N–H and O–H groups in total. The summed E-state index contributed by atoms with van der Waals surface area (Å²) in [6.45, 7) is 4.74. The maximum absolute atomic E-state index is 11.9. The molecule has 0 heterocycles. The molecule has 1 rings (SSSR count). The first kappa shape index (κ1) is 21.1. The molecule has 0 aliphatic heterocycles. The van der Waals surface area contributed by atoms with Gasteiger partial charge in [0, 0.05) is 23.0 Å². The summed E-state index contributed by atoms with van der Waals surface area (Å²) in [6, 6.07) is 6.60. The molecule has 0 aromatic heterocycles. The van der Waals surface area contributed by atoms with Gasteiger partial charge in [0.15, 0.2) is 18.5 Å². The van der Waals surface area contributed by atoms with Crippen LogP contribution >= 0.6 is 15.9 Å². The molecule has 1 atom stereocenters. The van der Waals surface area contributed by atoms with Crippen molar-refractivity contribution in [2.24, 2.45) is 0 Å². The summed E-state index contributed by atoms with van der Waals surface area (Å²) in [5, 5.41) is 12.1. The average molecular weight is 416 g/mol. The van der Waals surface area contributed by atoms with E-state index in [1.54, 1.807) is 45.0 Å². The second kappa shape index (κ2) is 9.53. The molecule has 25 heavy (non-hydrogen) atoms. The Balaban J connectivity index is 2.31. The number of aliphatic hydroxyl groups excluding tert-OH is 1. The summed E-state index contributed by atoms with van der Waals surface area (Å²) in [5.74, 6) is -1.30. The zero-order valence-electron chi connectivity index (χ0n) is 14.4. The largest absolute Gasteiger partial charge is 0.455 e. The standard InChI is InChI=1S/C17H22BrNO6/c1-17(2,3)25-16(23)19-9-8-13(20)15(22)24-10-14(21)11-4-6-12(18)7-5-11/h4-7,13,20H,8-10H2,1-3H3,(H,19,23)/t13-/m0/s1. The third kappa shape index (κ3) is 8.64. The smallest absolute Gasteiger partial charge is 0.407 e. The highest BCUT2D eigenvalue weighted by Gasteiger charge is 2.20. The van der Waals surface area contributed by atoms with E-state index in [1.165, 1.54) is 0 Å². The summed E-state index contributed by atoms with van der Waals surface area (Å²) >= 11 is 3.26. The van der Waals surface area contributed by atoms with Gasteiger partial charge in [-0.1, -0.05) is 28.1 Å². The lowest BCUT2D eigenvalue weighted by Crippen LogP contribution is -2.35. The van der Waals surface area contributed by atoms with Gasteiger partial charge in [-0.05, 0) is 32.9 Å². The molecule has 0 bridgehead atoms. The number of benzene rings is 1. The first-order valence-corrected chi connectivity index (χ1v) is 8.48. The van der Waals surface area contributed by atoms with E-state index >= 15 is 0 Å². The predicted octanol–water partition coefficient (Wildman–Crippen LogP) is 2.45. The molecule has 7 nitrogen and oxygen atoms in total. The van der Waals surface area contributed by atoms with Crippen molar-refractivity contribution in [2.45, 2.75) is 38.9 Å². The number of hydrogen-bond donors (Lipinski definition) is 2. The number of amides is 1. The highest BCUT2D eigenvalue weighted by atomic mass is 79.9. The number of Topliss-reactive ketones (excluding diaryl/α,β-unsaturated/α-hetero) is 1. The fourth-order valence-corrected chi connectivity index (χ4v) is 1.96. The number of ketones is 1. The minimum absolute atomic E-state index is 0.0336. The van der Waals surface area contributed by atoms with E-state index in [4.69, 9.17) is 9.47 Å². The van der Waals surface area contributed by atoms with Crippen LogP contribution < -0.4 is 5.32 Å². The molecular weight excluding hydrogens is 394 g/mol. The SMILES string of the molecule is CC(C)(C)OC(=O)NCC[C@H](O)C(=O)OCC(=O)c1ccc(Br)cc1. The topological polar surface area (TPSA) is 102 Å². The molecule has 1 aromatic rings. The van der Waals surface area contributed by atoms with E-state index in [1.807, 2.05) is 0 Å². The molecule has 1 amide bonds. The number of halogens is 1. The number of alkyl carbamates (subject to hydrolysis) is 1. The zero-order chi connectivity index (χ0) is 19.0. The molecule has 0 radical (unpaired) electrons. The van der Waals surface area contributed by atoms with Crippen molar-refractivity contribution in [1.29, 1.82) is 0 Å². The van der Waals surface area contributed by atoms with Gasteiger partial charge in [0.1, 0.15) is 5.60 Å². The van der Waals surface area contributed by atoms with Crippen molar-refractivity contribution < 1.29 is 29.0 Å². The Bertz CT molecular complexity index is 609. The third-order valence-corrected chi connectivity index (χ3v) is 3.40. The molecule has 0 saturated carbocycles. The van der Waals surface area contributed by atoms with Gasteiger partial charge >= 0.3 is 12.1 Å². The van der Waals surface area contributed by atoms with Crippen LogP contribution in [-0.4, -0.2) is 47.8 Å². The van der Waals surface area contributed by atoms with Crippen LogP contribution in [0.3, 0.4) is 0 Å². The molecule has 138 valence electrons. The normalized spacial score (nSPS) is 12.2. The second-order valence-corrected chi connectivity index (χ2v) is 7.19. The van der Waals surface area contributed by atoms with Crippen LogP contribution in [0, 0.1) is 0 Å². The van der Waals surface area contributed by atoms with Crippen molar-refractivity contribution in [3.8, 4) is 0 Å². The summed E-state index contributed by atoms with van der Waals surface area (Å²) in [7, 11) is 0. The third-order valence-electron chi connectivity index (χ3n) is 2.87. The fourth-order valence-electron chi connectivity index (χ4n) is 1.69. The predicted molar refractivity (Wildman–Crippen MR) is 94.3 cm³/mol. The van der Waals surface area contributed by atoms with Crippen molar-refractivity contribution in [3.63, 3.8) is 0 Å². The number of ether oxygens (including phenoxy) is 2. The summed E-state index contributed by atoms with van der Waals surface area (Å²) in [5.41, 5.74) is -0.230. The lowest BCUT2D eigenvalue weighted by Gasteiger charge is -2.19. The number of aliphatic hydroxyl groups is 1. The quantitative estimate of drug-likeness (QED) is 0.523. The van der Waals surface area contributed by atoms with Crippen LogP contribution in [-0.2, 0) is 14.3 Å². The molecule has 0 unspecified atom stereocenters. The molecule has 0 saturated heterocycles. The monoisotopic (exact) mass is 415 g/mol. The first-order valence-electron chi connectivity index (χ1n) is 7.69. The number of carbonyl (C=O) groups is 3. The van der Waals surface area contributed by atoms with E-state index in [-0.39, 0.29) is 18.7 Å². The van der Waals surface area contributed by atoms with Crippen LogP contribution in [0.15, 0.2) is 28.7 Å². The molecule has 1 aromatic carbocycles. The summed E-state index contributed by atoms with van der Waals surface area (Å²) in [6.07, 6.45) is -2.13. The van der Waals surface area contributed by atoms with Crippen LogP contribution in [0.1, 0.15) is 37.6 Å². The lowest BCUT2D eigenvalue weighted by molar-refractivity contribution is -0.152. The first-order chi connectivity index (χ1) is 11.6. The highest BCUT2D eigenvalue weighted by Crippen LogP contribution is 2.11. The van der Waals surface area contributed by atoms with Crippen molar-refractivity contribution >= 4 is 33.8 Å². The maximum Gasteiger partial charge on any atom is 0.407 e. The summed E-state index contributed by atoms with van der Waals surface area (Å²) in [4.78, 5) is 35.0. The van der Waals surface area contributed by atoms with Crippen LogP contribution in [0.2, 0.25) is 0 Å². The van der Waals surface area contributed by atoms with Gasteiger partial charge in [0.25, 0.3) is 0 Å². The lowest BCUT2D eigenvalue weighted by atomic mass is 10.1. The van der Waals surface area contributed by atoms with Crippen molar-refractivity contribution in [3.05, 3.63) is 34.3 Å². The zero-order valence-corrected chi connectivity index (χ0v) is 16.0. The minimum Gasteiger partial charge on any atom is -0.455 e. The number of carbonyl (C=O) groups excluding carboxylic acids is 3. The van der Waals surface area contributed by atoms with Crippen molar-refractivity contribution in [2.75, 3.05) is 13.2 Å². The molecule has 0 spiro atoms. The molecule has 0 aliphatic rings. The van der Waals surface area contributed by atoms with E-state index in [0.29, 0.717) is 5.56 Å². The summed E-state index contributed by atoms with van der Waals surface area (Å²) < 4.78 is 10.6. The van der Waals surface area contributed by atoms with Gasteiger partial charge < -0.3 is 19.9 Å². The van der Waals surface area contributed by atoms with Gasteiger partial charge in [0.05, 0.1) is 0 Å². The average Bonchev–Trinajstić information content (AvgIpc) is 2.51. The Hall–Kier alpha value is -1.93. The highest BCUT2D eigenvalue weighted by molar-refractivity contribution is 9.10. The van der Waals surface area contributed by atoms with E-state index in [9.17, 15) is 19.5 Å². The van der Waals surface area contributed by atoms with Gasteiger partial charge in [-0.25, -0.2) is 9.59 Å². The van der Waals surface area contributed by atoms with Crippen LogP contribution in [0.5, 0.6) is 0 Å². The Labute approximate surface area is 154 Å². The van der Waals surface area contributed by atoms with Gasteiger partial charge in [-0.3, -0.25) is 4.79 Å². The molecule has 0 aliphatic carbocycles. The molecule has 8 heteroatoms. The Morgan fingerprint density at radius 1 is 1.20 bits per heavy atom. The Morgan fingerprint density at radius 3 is 2.36 bits per heavy atom. The van der Waals surface area contributed by atoms with E-state index in [0.717, 1.165) is 4.47 Å². The molecular formula is C17H22BrNO6. The molecule has 0 fully saturated rings. The van der Waals surface area contributed by atoms with Gasteiger partial charge in [-0.15, -0.1) is 0 Å². The number of hydrogen-bond acceptors (Lipinski definition) is 6. The van der Waals surface area contributed by atoms with Gasteiger partial charge in [-0.2, -0.15) is 0 Å².